The quantitative estimate of drug-likeness (QED) is 0.431. The van der Waals surface area contributed by atoms with Crippen molar-refractivity contribution in [1.82, 2.24) is 9.56 Å². The van der Waals surface area contributed by atoms with Crippen molar-refractivity contribution in [3.05, 3.63) is 93.6 Å². The lowest BCUT2D eigenvalue weighted by atomic mass is 10.1. The first kappa shape index (κ1) is 21.8. The van der Waals surface area contributed by atoms with Gasteiger partial charge >= 0.3 is 5.97 Å². The zero-order valence-electron chi connectivity index (χ0n) is 18.0. The number of nitrogens with zero attached hydrogens (tertiary/aromatic N) is 2. The van der Waals surface area contributed by atoms with Gasteiger partial charge in [0.15, 0.2) is 5.65 Å². The van der Waals surface area contributed by atoms with Crippen LogP contribution in [0.25, 0.3) is 5.65 Å². The fraction of sp³-hybridized carbons (Fsp3) is 0.167. The molecule has 0 radical (unpaired) electrons. The Morgan fingerprint density at radius 3 is 2.61 bits per heavy atom. The number of aryl methyl sites for hydroxylation is 1. The van der Waals surface area contributed by atoms with E-state index in [-0.39, 0.29) is 18.1 Å². The minimum atomic E-state index is -0.613. The van der Waals surface area contributed by atoms with Gasteiger partial charge in [-0.2, -0.15) is 0 Å². The molecule has 4 rings (SSSR count). The van der Waals surface area contributed by atoms with Crippen molar-refractivity contribution in [1.29, 1.82) is 0 Å². The second kappa shape index (κ2) is 9.39. The molecule has 0 unspecified atom stereocenters. The number of amides is 1. The summed E-state index contributed by atoms with van der Waals surface area (Å²) in [6.07, 6.45) is 0. The summed E-state index contributed by atoms with van der Waals surface area (Å²) in [5, 5.41) is 2.75. The Hall–Kier alpha value is -4.40. The van der Waals surface area contributed by atoms with Gasteiger partial charge in [-0.1, -0.05) is 6.07 Å². The van der Waals surface area contributed by atoms with Crippen LogP contribution in [-0.4, -0.2) is 28.0 Å². The lowest BCUT2D eigenvalue weighted by molar-refractivity contribution is 0.0467. The summed E-state index contributed by atoms with van der Waals surface area (Å²) in [5.41, 5.74) is 1.37. The molecule has 33 heavy (non-hydrogen) atoms. The van der Waals surface area contributed by atoms with Gasteiger partial charge in [-0.05, 0) is 56.3 Å². The second-order valence-electron chi connectivity index (χ2n) is 7.15. The van der Waals surface area contributed by atoms with Gasteiger partial charge in [0.2, 0.25) is 0 Å². The second-order valence-corrected chi connectivity index (χ2v) is 7.15. The number of benzene rings is 2. The van der Waals surface area contributed by atoms with Gasteiger partial charge in [-0.3, -0.25) is 9.59 Å². The van der Waals surface area contributed by atoms with E-state index < -0.39 is 11.5 Å². The third kappa shape index (κ3) is 5.09. The van der Waals surface area contributed by atoms with Crippen LogP contribution in [0.3, 0.4) is 0 Å². The van der Waals surface area contributed by atoms with E-state index in [1.54, 1.807) is 55.5 Å². The van der Waals surface area contributed by atoms with Crippen LogP contribution in [0.1, 0.15) is 39.1 Å². The van der Waals surface area contributed by atoms with Crippen LogP contribution in [0.2, 0.25) is 0 Å². The third-order valence-corrected chi connectivity index (χ3v) is 4.66. The molecular formula is C24H21N3O6. The maximum Gasteiger partial charge on any atom is 0.338 e. The van der Waals surface area contributed by atoms with Crippen molar-refractivity contribution in [2.75, 3.05) is 11.9 Å². The lowest BCUT2D eigenvalue weighted by Crippen LogP contribution is -2.15. The van der Waals surface area contributed by atoms with Crippen LogP contribution >= 0.6 is 0 Å². The molecule has 9 nitrogen and oxygen atoms in total. The Bertz CT molecular complexity index is 1370. The van der Waals surface area contributed by atoms with Crippen molar-refractivity contribution in [2.45, 2.75) is 20.5 Å². The lowest BCUT2D eigenvalue weighted by Gasteiger charge is -2.09. The van der Waals surface area contributed by atoms with Crippen molar-refractivity contribution in [3.8, 4) is 5.75 Å². The molecule has 0 saturated carbocycles. The number of ether oxygens (including phenoxy) is 2. The van der Waals surface area contributed by atoms with E-state index in [1.165, 1.54) is 12.1 Å². The predicted octanol–water partition coefficient (Wildman–Crippen LogP) is 3.60. The third-order valence-electron chi connectivity index (χ3n) is 4.66. The zero-order valence-corrected chi connectivity index (χ0v) is 18.0. The van der Waals surface area contributed by atoms with Crippen molar-refractivity contribution >= 4 is 23.2 Å². The first-order valence-corrected chi connectivity index (χ1v) is 10.2. The summed E-state index contributed by atoms with van der Waals surface area (Å²) in [4.78, 5) is 41.3. The molecule has 0 atom stereocenters. The summed E-state index contributed by atoms with van der Waals surface area (Å²) >= 11 is 0. The van der Waals surface area contributed by atoms with E-state index in [2.05, 4.69) is 10.3 Å². The molecule has 168 valence electrons. The van der Waals surface area contributed by atoms with Crippen molar-refractivity contribution in [2.24, 2.45) is 0 Å². The fourth-order valence-corrected chi connectivity index (χ4v) is 3.17. The van der Waals surface area contributed by atoms with Gasteiger partial charge in [0.1, 0.15) is 18.1 Å². The molecule has 2 aromatic heterocycles. The maximum absolute atomic E-state index is 12.5. The highest BCUT2D eigenvalue weighted by Crippen LogP contribution is 2.16. The van der Waals surface area contributed by atoms with Crippen LogP contribution in [-0.2, 0) is 11.3 Å². The molecule has 1 amide bonds. The van der Waals surface area contributed by atoms with Gasteiger partial charge in [0.25, 0.3) is 11.5 Å². The van der Waals surface area contributed by atoms with Crippen LogP contribution < -0.4 is 15.6 Å². The molecule has 0 bridgehead atoms. The molecule has 4 aromatic rings. The van der Waals surface area contributed by atoms with E-state index in [4.69, 9.17) is 14.0 Å². The average Bonchev–Trinajstić information content (AvgIpc) is 3.19. The van der Waals surface area contributed by atoms with E-state index in [0.717, 1.165) is 4.57 Å². The molecule has 2 heterocycles. The highest BCUT2D eigenvalue weighted by molar-refractivity contribution is 6.04. The van der Waals surface area contributed by atoms with E-state index in [0.29, 0.717) is 40.7 Å². The number of hydrogen-bond donors (Lipinski definition) is 1. The topological polar surface area (TPSA) is 112 Å². The number of carbonyl (C=O) groups excluding carboxylic acids is 2. The summed E-state index contributed by atoms with van der Waals surface area (Å²) < 4.78 is 17.0. The molecule has 0 aliphatic heterocycles. The normalized spacial score (nSPS) is 10.7. The highest BCUT2D eigenvalue weighted by Gasteiger charge is 2.13. The minimum absolute atomic E-state index is 0.183. The molecule has 9 heteroatoms. The first-order chi connectivity index (χ1) is 15.9. The van der Waals surface area contributed by atoms with Gasteiger partial charge in [0.05, 0.1) is 17.9 Å². The van der Waals surface area contributed by atoms with Crippen molar-refractivity contribution < 1.29 is 23.6 Å². The zero-order chi connectivity index (χ0) is 23.4. The first-order valence-electron chi connectivity index (χ1n) is 10.2. The Labute approximate surface area is 188 Å². The molecular weight excluding hydrogens is 426 g/mol. The number of rotatable bonds is 7. The molecule has 0 aliphatic carbocycles. The summed E-state index contributed by atoms with van der Waals surface area (Å²) in [5.74, 6) is 0.283. The minimum Gasteiger partial charge on any atom is -0.494 e. The Morgan fingerprint density at radius 1 is 1.06 bits per heavy atom. The number of hydrogen-bond acceptors (Lipinski definition) is 7. The largest absolute Gasteiger partial charge is 0.494 e. The van der Waals surface area contributed by atoms with Crippen molar-refractivity contribution in [3.63, 3.8) is 0 Å². The van der Waals surface area contributed by atoms with Gasteiger partial charge in [0, 0.05) is 23.4 Å². The van der Waals surface area contributed by atoms with Gasteiger partial charge in [-0.25, -0.2) is 9.78 Å². The average molecular weight is 447 g/mol. The standard InChI is InChI=1S/C24H21N3O6/c1-3-31-20-9-7-16(8-10-20)23(29)26-18-6-4-5-17(12-18)24(30)32-14-19-13-22(28)27-21(25-19)11-15(2)33-27/h4-13H,3,14H2,1-2H3,(H,26,29). The number of anilines is 1. The van der Waals surface area contributed by atoms with E-state index >= 15 is 0 Å². The molecule has 0 spiro atoms. The van der Waals surface area contributed by atoms with Crippen LogP contribution in [0.5, 0.6) is 5.75 Å². The summed E-state index contributed by atoms with van der Waals surface area (Å²) in [6, 6.07) is 16.0. The molecule has 2 aromatic carbocycles. The summed E-state index contributed by atoms with van der Waals surface area (Å²) in [7, 11) is 0. The van der Waals surface area contributed by atoms with E-state index in [1.807, 2.05) is 6.92 Å². The molecule has 0 saturated heterocycles. The number of carbonyl (C=O) groups is 2. The number of fused-ring (bicyclic) bond motifs is 1. The summed E-state index contributed by atoms with van der Waals surface area (Å²) in [6.45, 7) is 3.94. The number of aromatic nitrogens is 2. The Balaban J connectivity index is 1.41. The number of nitrogens with one attached hydrogen (secondary N) is 1. The van der Waals surface area contributed by atoms with Gasteiger partial charge < -0.3 is 19.3 Å². The Morgan fingerprint density at radius 2 is 1.85 bits per heavy atom. The van der Waals surface area contributed by atoms with Crippen LogP contribution in [0.15, 0.2) is 70.0 Å². The highest BCUT2D eigenvalue weighted by atomic mass is 16.5. The predicted molar refractivity (Wildman–Crippen MR) is 120 cm³/mol. The molecule has 1 N–H and O–H groups in total. The molecule has 0 fully saturated rings. The Kier molecular flexibility index (Phi) is 6.21. The molecule has 0 aliphatic rings. The van der Waals surface area contributed by atoms with E-state index in [9.17, 15) is 14.4 Å². The smallest absolute Gasteiger partial charge is 0.338 e. The van der Waals surface area contributed by atoms with Crippen LogP contribution in [0.4, 0.5) is 5.69 Å². The maximum atomic E-state index is 12.5. The number of esters is 1. The van der Waals surface area contributed by atoms with Gasteiger partial charge in [-0.15, -0.1) is 4.57 Å². The fourth-order valence-electron chi connectivity index (χ4n) is 3.17. The van der Waals surface area contributed by atoms with Crippen LogP contribution in [0, 0.1) is 6.92 Å². The SMILES string of the molecule is CCOc1ccc(C(=O)Nc2cccc(C(=O)OCc3cc(=O)n4oc(C)cc4n3)c2)cc1. The monoisotopic (exact) mass is 447 g/mol.